The van der Waals surface area contributed by atoms with Crippen molar-refractivity contribution in [3.05, 3.63) is 0 Å². The molecule has 1 fully saturated rings. The van der Waals surface area contributed by atoms with Gasteiger partial charge in [-0.25, -0.2) is 0 Å². The van der Waals surface area contributed by atoms with Gasteiger partial charge in [0.05, 0.1) is 13.0 Å². The Morgan fingerprint density at radius 2 is 1.60 bits per heavy atom. The van der Waals surface area contributed by atoms with Gasteiger partial charge in [0, 0.05) is 0 Å². The van der Waals surface area contributed by atoms with E-state index < -0.39 is 0 Å². The molecule has 0 N–H and O–H groups in total. The van der Waals surface area contributed by atoms with Gasteiger partial charge in [-0.15, -0.1) is 0 Å². The Morgan fingerprint density at radius 3 is 2.33 bits per heavy atom. The van der Waals surface area contributed by atoms with Crippen LogP contribution in [-0.2, 0) is 9.53 Å². The Kier molecular flexibility index (Phi) is 5.74. The van der Waals surface area contributed by atoms with Crippen molar-refractivity contribution in [2.75, 3.05) is 7.11 Å². The zero-order valence-corrected chi connectivity index (χ0v) is 10.1. The van der Waals surface area contributed by atoms with Crippen LogP contribution in [0.2, 0.25) is 0 Å². The summed E-state index contributed by atoms with van der Waals surface area (Å²) in [4.78, 5) is 11.5. The molecule has 2 heteroatoms. The van der Waals surface area contributed by atoms with Crippen LogP contribution in [0.4, 0.5) is 0 Å². The van der Waals surface area contributed by atoms with E-state index in [4.69, 9.17) is 4.74 Å². The molecule has 88 valence electrons. The monoisotopic (exact) mass is 212 g/mol. The largest absolute Gasteiger partial charge is 0.469 e. The predicted octanol–water partition coefficient (Wildman–Crippen LogP) is 3.55. The van der Waals surface area contributed by atoms with Crippen molar-refractivity contribution >= 4 is 5.97 Å². The maximum Gasteiger partial charge on any atom is 0.308 e. The van der Waals surface area contributed by atoms with Crippen molar-refractivity contribution < 1.29 is 9.53 Å². The highest BCUT2D eigenvalue weighted by atomic mass is 16.5. The highest BCUT2D eigenvalue weighted by molar-refractivity contribution is 5.72. The van der Waals surface area contributed by atoms with E-state index in [-0.39, 0.29) is 11.9 Å². The first-order valence-corrected chi connectivity index (χ1v) is 6.32. The number of carbonyl (C=O) groups excluding carboxylic acids is 1. The Balaban J connectivity index is 2.40. The fraction of sp³-hybridized carbons (Fsp3) is 0.923. The van der Waals surface area contributed by atoms with Crippen LogP contribution >= 0.6 is 0 Å². The van der Waals surface area contributed by atoms with E-state index in [1.807, 2.05) is 0 Å². The molecule has 2 atom stereocenters. The molecule has 0 amide bonds. The lowest BCUT2D eigenvalue weighted by molar-refractivity contribution is -0.146. The molecule has 0 aromatic carbocycles. The summed E-state index contributed by atoms with van der Waals surface area (Å²) in [6.07, 6.45) is 9.66. The van der Waals surface area contributed by atoms with Crippen molar-refractivity contribution in [3.8, 4) is 0 Å². The van der Waals surface area contributed by atoms with Crippen molar-refractivity contribution in [2.45, 2.75) is 58.3 Å². The van der Waals surface area contributed by atoms with Gasteiger partial charge in [-0.05, 0) is 18.8 Å². The molecule has 1 rings (SSSR count). The summed E-state index contributed by atoms with van der Waals surface area (Å²) in [5.74, 6) is 1.00. The van der Waals surface area contributed by atoms with Gasteiger partial charge >= 0.3 is 5.97 Å². The smallest absolute Gasteiger partial charge is 0.308 e. The van der Waals surface area contributed by atoms with Crippen molar-refractivity contribution in [1.82, 2.24) is 0 Å². The van der Waals surface area contributed by atoms with Crippen molar-refractivity contribution in [3.63, 3.8) is 0 Å². The third kappa shape index (κ3) is 4.67. The van der Waals surface area contributed by atoms with Gasteiger partial charge in [0.1, 0.15) is 0 Å². The van der Waals surface area contributed by atoms with E-state index in [0.29, 0.717) is 0 Å². The van der Waals surface area contributed by atoms with Gasteiger partial charge in [0.15, 0.2) is 0 Å². The molecule has 0 radical (unpaired) electrons. The Hall–Kier alpha value is -0.530. The standard InChI is InChI=1S/C13H24O2/c1-11-7-4-3-5-9-12(10-6-8-11)13(14)15-2/h11-12H,3-10H2,1-2H3. The third-order valence-electron chi connectivity index (χ3n) is 3.53. The van der Waals surface area contributed by atoms with Crippen molar-refractivity contribution in [1.29, 1.82) is 0 Å². The van der Waals surface area contributed by atoms with E-state index in [2.05, 4.69) is 6.92 Å². The number of hydrogen-bond acceptors (Lipinski definition) is 2. The summed E-state index contributed by atoms with van der Waals surface area (Å²) < 4.78 is 4.85. The van der Waals surface area contributed by atoms with Gasteiger partial charge in [-0.1, -0.05) is 45.4 Å². The first-order chi connectivity index (χ1) is 7.24. The number of carbonyl (C=O) groups is 1. The second-order valence-electron chi connectivity index (χ2n) is 4.89. The summed E-state index contributed by atoms with van der Waals surface area (Å²) in [6, 6.07) is 0. The maximum absolute atomic E-state index is 11.5. The van der Waals surface area contributed by atoms with Crippen LogP contribution in [0.25, 0.3) is 0 Å². The minimum absolute atomic E-state index is 0.00299. The van der Waals surface area contributed by atoms with Crippen LogP contribution in [0, 0.1) is 11.8 Å². The summed E-state index contributed by atoms with van der Waals surface area (Å²) >= 11 is 0. The second-order valence-corrected chi connectivity index (χ2v) is 4.89. The molecule has 0 saturated heterocycles. The average Bonchev–Trinajstić information content (AvgIpc) is 2.25. The molecule has 2 nitrogen and oxygen atoms in total. The fourth-order valence-corrected chi connectivity index (χ4v) is 2.46. The zero-order chi connectivity index (χ0) is 11.1. The number of methoxy groups -OCH3 is 1. The topological polar surface area (TPSA) is 26.3 Å². The number of hydrogen-bond donors (Lipinski definition) is 0. The number of rotatable bonds is 1. The van der Waals surface area contributed by atoms with Crippen LogP contribution in [0.15, 0.2) is 0 Å². The minimum Gasteiger partial charge on any atom is -0.469 e. The molecule has 0 heterocycles. The SMILES string of the molecule is COC(=O)C1CCCCCC(C)CCC1. The lowest BCUT2D eigenvalue weighted by atomic mass is 9.89. The Morgan fingerprint density at radius 1 is 1.00 bits per heavy atom. The highest BCUT2D eigenvalue weighted by Crippen LogP contribution is 2.24. The molecular weight excluding hydrogens is 188 g/mol. The molecule has 0 spiro atoms. The van der Waals surface area contributed by atoms with Gasteiger partial charge in [-0.2, -0.15) is 0 Å². The summed E-state index contributed by atoms with van der Waals surface area (Å²) in [6.45, 7) is 2.33. The molecule has 15 heavy (non-hydrogen) atoms. The molecule has 2 unspecified atom stereocenters. The fourth-order valence-electron chi connectivity index (χ4n) is 2.46. The van der Waals surface area contributed by atoms with E-state index in [1.54, 1.807) is 0 Å². The van der Waals surface area contributed by atoms with E-state index >= 15 is 0 Å². The Labute approximate surface area is 93.4 Å². The van der Waals surface area contributed by atoms with Gasteiger partial charge in [0.2, 0.25) is 0 Å². The maximum atomic E-state index is 11.5. The number of ether oxygens (including phenoxy) is 1. The molecule has 0 aliphatic heterocycles. The summed E-state index contributed by atoms with van der Waals surface area (Å²) in [5, 5.41) is 0. The predicted molar refractivity (Wildman–Crippen MR) is 61.6 cm³/mol. The van der Waals surface area contributed by atoms with Gasteiger partial charge in [0.25, 0.3) is 0 Å². The molecule has 0 aromatic heterocycles. The van der Waals surface area contributed by atoms with Crippen LogP contribution in [0.1, 0.15) is 58.3 Å². The van der Waals surface area contributed by atoms with Crippen molar-refractivity contribution in [2.24, 2.45) is 11.8 Å². The van der Waals surface area contributed by atoms with Crippen LogP contribution in [-0.4, -0.2) is 13.1 Å². The van der Waals surface area contributed by atoms with Crippen LogP contribution in [0.5, 0.6) is 0 Å². The Bertz CT molecular complexity index is 189. The molecule has 1 saturated carbocycles. The summed E-state index contributed by atoms with van der Waals surface area (Å²) in [5.41, 5.74) is 0. The number of esters is 1. The molecule has 0 bridgehead atoms. The van der Waals surface area contributed by atoms with E-state index in [9.17, 15) is 4.79 Å². The first kappa shape index (κ1) is 12.5. The quantitative estimate of drug-likeness (QED) is 0.621. The lowest BCUT2D eigenvalue weighted by Crippen LogP contribution is -2.17. The van der Waals surface area contributed by atoms with Gasteiger partial charge in [-0.3, -0.25) is 4.79 Å². The highest BCUT2D eigenvalue weighted by Gasteiger charge is 2.19. The minimum atomic E-state index is 0.00299. The molecule has 0 aromatic rings. The first-order valence-electron chi connectivity index (χ1n) is 6.32. The second kappa shape index (κ2) is 6.86. The van der Waals surface area contributed by atoms with Crippen LogP contribution in [0.3, 0.4) is 0 Å². The molecule has 1 aliphatic rings. The van der Waals surface area contributed by atoms with E-state index in [1.165, 1.54) is 45.6 Å². The van der Waals surface area contributed by atoms with Gasteiger partial charge < -0.3 is 4.74 Å². The average molecular weight is 212 g/mol. The van der Waals surface area contributed by atoms with Crippen LogP contribution < -0.4 is 0 Å². The third-order valence-corrected chi connectivity index (χ3v) is 3.53. The summed E-state index contributed by atoms with van der Waals surface area (Å²) in [7, 11) is 1.50. The lowest BCUT2D eigenvalue weighted by Gasteiger charge is -2.18. The molecular formula is C13H24O2. The molecule has 1 aliphatic carbocycles. The normalized spacial score (nSPS) is 29.5. The zero-order valence-electron chi connectivity index (χ0n) is 10.1. The van der Waals surface area contributed by atoms with E-state index in [0.717, 1.165) is 18.8 Å².